The zero-order valence-corrected chi connectivity index (χ0v) is 14.9. The Morgan fingerprint density at radius 3 is 2.75 bits per heavy atom. The van der Waals surface area contributed by atoms with Crippen LogP contribution in [0.15, 0.2) is 24.3 Å². The van der Waals surface area contributed by atoms with Crippen molar-refractivity contribution in [3.05, 3.63) is 41.0 Å². The molecular formula is C19H28N2O3. The number of β-amino-alcohol motifs (C(OH)–C–C–N with tert-alkyl or cyclic N) is 1. The molecule has 132 valence electrons. The first-order valence-electron chi connectivity index (χ1n) is 8.44. The molecule has 0 radical (unpaired) electrons. The van der Waals surface area contributed by atoms with Crippen LogP contribution in [-0.4, -0.2) is 73.4 Å². The van der Waals surface area contributed by atoms with Crippen LogP contribution in [-0.2, 0) is 9.53 Å². The molecule has 1 heterocycles. The Labute approximate surface area is 144 Å². The maximum atomic E-state index is 12.2. The summed E-state index contributed by atoms with van der Waals surface area (Å²) in [7, 11) is 1.72. The molecule has 0 saturated carbocycles. The molecule has 1 aromatic rings. The van der Waals surface area contributed by atoms with Crippen LogP contribution >= 0.6 is 0 Å². The normalized spacial score (nSPS) is 17.2. The van der Waals surface area contributed by atoms with E-state index < -0.39 is 6.10 Å². The lowest BCUT2D eigenvalue weighted by Crippen LogP contribution is -2.44. The molecule has 1 saturated heterocycles. The number of benzene rings is 1. The molecule has 5 nitrogen and oxygen atoms in total. The van der Waals surface area contributed by atoms with Crippen molar-refractivity contribution in [1.82, 2.24) is 9.80 Å². The first kappa shape index (κ1) is 18.6. The summed E-state index contributed by atoms with van der Waals surface area (Å²) < 4.78 is 5.29. The molecule has 1 aliphatic rings. The van der Waals surface area contributed by atoms with E-state index in [9.17, 15) is 9.90 Å². The molecule has 1 aromatic carbocycles. The number of rotatable bonds is 6. The van der Waals surface area contributed by atoms with Gasteiger partial charge < -0.3 is 14.7 Å². The summed E-state index contributed by atoms with van der Waals surface area (Å²) in [5.41, 5.74) is 3.39. The van der Waals surface area contributed by atoms with Gasteiger partial charge in [-0.2, -0.15) is 0 Å². The minimum Gasteiger partial charge on any atom is -0.390 e. The van der Waals surface area contributed by atoms with Crippen molar-refractivity contribution in [2.45, 2.75) is 20.0 Å². The van der Waals surface area contributed by atoms with Crippen LogP contribution in [0, 0.1) is 13.8 Å². The molecule has 24 heavy (non-hydrogen) atoms. The van der Waals surface area contributed by atoms with E-state index in [2.05, 4.69) is 17.9 Å². The van der Waals surface area contributed by atoms with E-state index in [0.29, 0.717) is 26.3 Å². The van der Waals surface area contributed by atoms with Gasteiger partial charge in [-0.15, -0.1) is 0 Å². The van der Waals surface area contributed by atoms with Crippen molar-refractivity contribution < 1.29 is 14.6 Å². The number of hydrogen-bond acceptors (Lipinski definition) is 4. The first-order chi connectivity index (χ1) is 11.5. The lowest BCUT2D eigenvalue weighted by Gasteiger charge is -2.29. The molecule has 0 aromatic heterocycles. The minimum atomic E-state index is -0.549. The van der Waals surface area contributed by atoms with Crippen LogP contribution < -0.4 is 0 Å². The molecule has 1 unspecified atom stereocenters. The number of nitrogens with zero attached hydrogens (tertiary/aromatic N) is 2. The summed E-state index contributed by atoms with van der Waals surface area (Å²) in [5.74, 6) is -0.101. The number of aliphatic hydroxyl groups is 1. The number of carbonyl (C=O) groups is 1. The summed E-state index contributed by atoms with van der Waals surface area (Å²) in [4.78, 5) is 15.9. The highest BCUT2D eigenvalue weighted by Crippen LogP contribution is 2.12. The topological polar surface area (TPSA) is 53.0 Å². The van der Waals surface area contributed by atoms with Crippen molar-refractivity contribution in [3.8, 4) is 0 Å². The van der Waals surface area contributed by atoms with Crippen LogP contribution in [0.2, 0.25) is 0 Å². The van der Waals surface area contributed by atoms with Crippen molar-refractivity contribution in [2.75, 3.05) is 46.4 Å². The smallest absolute Gasteiger partial charge is 0.246 e. The molecule has 5 heteroatoms. The van der Waals surface area contributed by atoms with Gasteiger partial charge in [-0.1, -0.05) is 23.8 Å². The average Bonchev–Trinajstić information content (AvgIpc) is 2.54. The zero-order valence-electron chi connectivity index (χ0n) is 14.9. The standard InChI is InChI=1S/C19H28N2O3/c1-15-4-5-17(16(2)12-15)6-7-19(23)20(3)13-18(22)14-21-8-10-24-11-9-21/h4-7,12,18,22H,8-11,13-14H2,1-3H3. The fraction of sp³-hybridized carbons (Fsp3) is 0.526. The van der Waals surface area contributed by atoms with Gasteiger partial charge in [0.1, 0.15) is 0 Å². The fourth-order valence-electron chi connectivity index (χ4n) is 2.85. The Morgan fingerprint density at radius 2 is 2.08 bits per heavy atom. The molecule has 0 aliphatic carbocycles. The van der Waals surface area contributed by atoms with Crippen LogP contribution in [0.5, 0.6) is 0 Å². The van der Waals surface area contributed by atoms with E-state index in [0.717, 1.165) is 24.2 Å². The highest BCUT2D eigenvalue weighted by Gasteiger charge is 2.17. The number of morpholine rings is 1. The van der Waals surface area contributed by atoms with E-state index in [4.69, 9.17) is 4.74 Å². The second kappa shape index (κ2) is 8.97. The lowest BCUT2D eigenvalue weighted by molar-refractivity contribution is -0.126. The van der Waals surface area contributed by atoms with Crippen LogP contribution in [0.4, 0.5) is 0 Å². The summed E-state index contributed by atoms with van der Waals surface area (Å²) >= 11 is 0. The minimum absolute atomic E-state index is 0.101. The quantitative estimate of drug-likeness (QED) is 0.802. The molecule has 1 aliphatic heterocycles. The summed E-state index contributed by atoms with van der Waals surface area (Å²) in [6.45, 7) is 8.07. The summed E-state index contributed by atoms with van der Waals surface area (Å²) in [6.07, 6.45) is 2.85. The molecule has 1 atom stereocenters. The lowest BCUT2D eigenvalue weighted by atomic mass is 10.1. The highest BCUT2D eigenvalue weighted by atomic mass is 16.5. The second-order valence-electron chi connectivity index (χ2n) is 6.48. The van der Waals surface area contributed by atoms with Crippen molar-refractivity contribution in [3.63, 3.8) is 0 Å². The molecule has 2 rings (SSSR count). The van der Waals surface area contributed by atoms with Crippen molar-refractivity contribution in [2.24, 2.45) is 0 Å². The third kappa shape index (κ3) is 5.74. The SMILES string of the molecule is Cc1ccc(C=CC(=O)N(C)CC(O)CN2CCOCC2)c(C)c1. The van der Waals surface area contributed by atoms with E-state index in [1.54, 1.807) is 18.0 Å². The fourth-order valence-corrected chi connectivity index (χ4v) is 2.85. The van der Waals surface area contributed by atoms with Gasteiger partial charge in [0, 0.05) is 39.3 Å². The maximum Gasteiger partial charge on any atom is 0.246 e. The molecule has 1 N–H and O–H groups in total. The Kier molecular flexibility index (Phi) is 6.97. The summed E-state index contributed by atoms with van der Waals surface area (Å²) in [5, 5.41) is 10.2. The van der Waals surface area contributed by atoms with E-state index in [1.807, 2.05) is 25.1 Å². The van der Waals surface area contributed by atoms with E-state index in [1.165, 1.54) is 5.56 Å². The predicted molar refractivity (Wildman–Crippen MR) is 95.9 cm³/mol. The Balaban J connectivity index is 1.83. The predicted octanol–water partition coefficient (Wildman–Crippen LogP) is 1.47. The third-order valence-corrected chi connectivity index (χ3v) is 4.26. The van der Waals surface area contributed by atoms with Gasteiger partial charge in [0.15, 0.2) is 0 Å². The Morgan fingerprint density at radius 1 is 1.38 bits per heavy atom. The summed E-state index contributed by atoms with van der Waals surface area (Å²) in [6, 6.07) is 6.15. The van der Waals surface area contributed by atoms with Gasteiger partial charge >= 0.3 is 0 Å². The van der Waals surface area contributed by atoms with Gasteiger partial charge in [0.2, 0.25) is 5.91 Å². The Bertz CT molecular complexity index is 580. The van der Waals surface area contributed by atoms with Gasteiger partial charge in [0.05, 0.1) is 19.3 Å². The maximum absolute atomic E-state index is 12.2. The van der Waals surface area contributed by atoms with E-state index in [-0.39, 0.29) is 5.91 Å². The molecule has 0 bridgehead atoms. The number of likely N-dealkylation sites (N-methyl/N-ethyl adjacent to an activating group) is 1. The first-order valence-corrected chi connectivity index (χ1v) is 8.44. The number of aliphatic hydroxyl groups excluding tert-OH is 1. The Hall–Kier alpha value is -1.69. The largest absolute Gasteiger partial charge is 0.390 e. The number of carbonyl (C=O) groups excluding carboxylic acids is 1. The van der Waals surface area contributed by atoms with E-state index >= 15 is 0 Å². The van der Waals surface area contributed by atoms with Gasteiger partial charge in [-0.05, 0) is 31.1 Å². The third-order valence-electron chi connectivity index (χ3n) is 4.26. The van der Waals surface area contributed by atoms with Gasteiger partial charge in [0.25, 0.3) is 0 Å². The number of aryl methyl sites for hydroxylation is 2. The van der Waals surface area contributed by atoms with Gasteiger partial charge in [-0.25, -0.2) is 0 Å². The molecule has 1 fully saturated rings. The van der Waals surface area contributed by atoms with Crippen LogP contribution in [0.25, 0.3) is 6.08 Å². The second-order valence-corrected chi connectivity index (χ2v) is 6.48. The monoisotopic (exact) mass is 332 g/mol. The van der Waals surface area contributed by atoms with Crippen LogP contribution in [0.1, 0.15) is 16.7 Å². The number of amides is 1. The van der Waals surface area contributed by atoms with Gasteiger partial charge in [-0.3, -0.25) is 9.69 Å². The molecular weight excluding hydrogens is 304 g/mol. The highest BCUT2D eigenvalue weighted by molar-refractivity contribution is 5.91. The van der Waals surface area contributed by atoms with Crippen molar-refractivity contribution in [1.29, 1.82) is 0 Å². The number of ether oxygens (including phenoxy) is 1. The zero-order chi connectivity index (χ0) is 17.5. The van der Waals surface area contributed by atoms with Crippen LogP contribution in [0.3, 0.4) is 0 Å². The van der Waals surface area contributed by atoms with Crippen molar-refractivity contribution >= 4 is 12.0 Å². The number of hydrogen-bond donors (Lipinski definition) is 1. The molecule has 0 spiro atoms. The molecule has 1 amide bonds. The average molecular weight is 332 g/mol.